The van der Waals surface area contributed by atoms with E-state index < -0.39 is 8.07 Å². The van der Waals surface area contributed by atoms with E-state index in [-0.39, 0.29) is 0 Å². The van der Waals surface area contributed by atoms with Gasteiger partial charge in [-0.3, -0.25) is 0 Å². The average molecular weight is 813 g/mol. The molecule has 0 heterocycles. The normalized spacial score (nSPS) is 12.1. The van der Waals surface area contributed by atoms with Gasteiger partial charge in [-0.15, -0.1) is 0 Å². The smallest absolute Gasteiger partial charge is 0.0623 e. The molecular formula is C62H40Si. The van der Waals surface area contributed by atoms with Crippen LogP contribution < -0.4 is 20.7 Å². The summed E-state index contributed by atoms with van der Waals surface area (Å²) in [5.41, 5.74) is 5.04. The Bertz CT molecular complexity index is 3790. The molecule has 0 radical (unpaired) electrons. The molecule has 0 N–H and O–H groups in total. The second-order valence-corrected chi connectivity index (χ2v) is 20.9. The van der Waals surface area contributed by atoms with Crippen molar-refractivity contribution in [3.8, 4) is 22.3 Å². The molecule has 0 aliphatic rings. The first-order valence-corrected chi connectivity index (χ1v) is 24.0. The van der Waals surface area contributed by atoms with Crippen molar-refractivity contribution in [3.05, 3.63) is 243 Å². The van der Waals surface area contributed by atoms with E-state index in [1.165, 1.54) is 118 Å². The monoisotopic (exact) mass is 812 g/mol. The fourth-order valence-corrected chi connectivity index (χ4v) is 16.1. The Hall–Kier alpha value is -7.84. The molecule has 0 fully saturated rings. The van der Waals surface area contributed by atoms with Crippen molar-refractivity contribution in [2.24, 2.45) is 0 Å². The standard InChI is InChI=1S/C62H40Si/c1-3-18-50(19-4-1)63(51-20-5-2-6-21-51,58-37-34-44-28-27-42-16-13-17-43-33-36-57(58)62(44)59(42)43)52-35-32-46-39-49(31-29-47(46)40-52)61-55-24-11-9-22-53(55)60(54-23-10-12-25-56(54)61)48-30-26-41-14-7-8-15-45(41)38-48/h1-40H. The molecular weight excluding hydrogens is 773 g/mol. The summed E-state index contributed by atoms with van der Waals surface area (Å²) in [4.78, 5) is 0. The molecule has 0 aliphatic carbocycles. The molecule has 13 aromatic carbocycles. The molecule has 0 saturated heterocycles. The zero-order valence-corrected chi connectivity index (χ0v) is 35.6. The predicted molar refractivity (Wildman–Crippen MR) is 275 cm³/mol. The largest absolute Gasteiger partial charge is 0.180 e. The molecule has 292 valence electrons. The van der Waals surface area contributed by atoms with Crippen LogP contribution in [0.2, 0.25) is 0 Å². The van der Waals surface area contributed by atoms with Crippen molar-refractivity contribution >= 4 is 104 Å². The van der Waals surface area contributed by atoms with Crippen molar-refractivity contribution in [2.75, 3.05) is 0 Å². The molecule has 1 heteroatoms. The highest BCUT2D eigenvalue weighted by Gasteiger charge is 2.43. The maximum absolute atomic E-state index is 2.92. The van der Waals surface area contributed by atoms with Gasteiger partial charge in [-0.1, -0.05) is 231 Å². The highest BCUT2D eigenvalue weighted by atomic mass is 28.3. The summed E-state index contributed by atoms with van der Waals surface area (Å²) in [7, 11) is -2.92. The molecule has 13 aromatic rings. The van der Waals surface area contributed by atoms with Gasteiger partial charge in [0.25, 0.3) is 0 Å². The Morgan fingerprint density at radius 3 is 1.24 bits per heavy atom. The summed E-state index contributed by atoms with van der Waals surface area (Å²) < 4.78 is 0. The van der Waals surface area contributed by atoms with Crippen LogP contribution in [0.15, 0.2) is 243 Å². The minimum atomic E-state index is -2.92. The summed E-state index contributed by atoms with van der Waals surface area (Å²) in [5, 5.41) is 23.6. The third-order valence-electron chi connectivity index (χ3n) is 13.9. The van der Waals surface area contributed by atoms with Crippen molar-refractivity contribution in [1.29, 1.82) is 0 Å². The third-order valence-corrected chi connectivity index (χ3v) is 18.7. The molecule has 0 saturated carbocycles. The zero-order chi connectivity index (χ0) is 41.5. The lowest BCUT2D eigenvalue weighted by Crippen LogP contribution is -2.74. The van der Waals surface area contributed by atoms with Gasteiger partial charge < -0.3 is 0 Å². The third kappa shape index (κ3) is 5.40. The predicted octanol–water partition coefficient (Wildman–Crippen LogP) is 13.9. The van der Waals surface area contributed by atoms with Gasteiger partial charge in [-0.25, -0.2) is 0 Å². The fourth-order valence-electron chi connectivity index (χ4n) is 11.1. The van der Waals surface area contributed by atoms with Gasteiger partial charge in [-0.05, 0) is 131 Å². The summed E-state index contributed by atoms with van der Waals surface area (Å²) in [6, 6.07) is 91.7. The topological polar surface area (TPSA) is 0 Å². The molecule has 0 atom stereocenters. The number of hydrogen-bond acceptors (Lipinski definition) is 0. The van der Waals surface area contributed by atoms with E-state index in [2.05, 4.69) is 243 Å². The van der Waals surface area contributed by atoms with Gasteiger partial charge in [0.1, 0.15) is 0 Å². The lowest BCUT2D eigenvalue weighted by Gasteiger charge is -2.36. The zero-order valence-electron chi connectivity index (χ0n) is 34.6. The van der Waals surface area contributed by atoms with E-state index in [0.717, 1.165) is 0 Å². The minimum absolute atomic E-state index is 1.23. The fraction of sp³-hybridized carbons (Fsp3) is 0. The second-order valence-electron chi connectivity index (χ2n) is 17.1. The minimum Gasteiger partial charge on any atom is -0.0623 e. The van der Waals surface area contributed by atoms with Gasteiger partial charge in [0, 0.05) is 0 Å². The van der Waals surface area contributed by atoms with Gasteiger partial charge in [-0.2, -0.15) is 0 Å². The van der Waals surface area contributed by atoms with Crippen LogP contribution in [-0.2, 0) is 0 Å². The van der Waals surface area contributed by atoms with Gasteiger partial charge >= 0.3 is 0 Å². The van der Waals surface area contributed by atoms with E-state index in [1.54, 1.807) is 0 Å². The number of hydrogen-bond donors (Lipinski definition) is 0. The highest BCUT2D eigenvalue weighted by Crippen LogP contribution is 2.44. The van der Waals surface area contributed by atoms with Crippen molar-refractivity contribution < 1.29 is 0 Å². The molecule has 0 nitrogen and oxygen atoms in total. The molecule has 0 amide bonds. The number of rotatable bonds is 6. The summed E-state index contributed by atoms with van der Waals surface area (Å²) in [6.45, 7) is 0. The van der Waals surface area contributed by atoms with E-state index in [9.17, 15) is 0 Å². The van der Waals surface area contributed by atoms with Crippen LogP contribution in [-0.4, -0.2) is 8.07 Å². The van der Waals surface area contributed by atoms with E-state index in [0.29, 0.717) is 0 Å². The second kappa shape index (κ2) is 14.1. The van der Waals surface area contributed by atoms with Crippen LogP contribution >= 0.6 is 0 Å². The van der Waals surface area contributed by atoms with Gasteiger partial charge in [0.05, 0.1) is 0 Å². The van der Waals surface area contributed by atoms with Gasteiger partial charge in [0.15, 0.2) is 8.07 Å². The van der Waals surface area contributed by atoms with Crippen LogP contribution in [0.1, 0.15) is 0 Å². The quantitative estimate of drug-likeness (QED) is 0.0679. The first-order chi connectivity index (χ1) is 31.2. The van der Waals surface area contributed by atoms with Crippen LogP contribution in [0.4, 0.5) is 0 Å². The van der Waals surface area contributed by atoms with Crippen LogP contribution in [0, 0.1) is 0 Å². The summed E-state index contributed by atoms with van der Waals surface area (Å²) >= 11 is 0. The van der Waals surface area contributed by atoms with Gasteiger partial charge in [0.2, 0.25) is 0 Å². The summed E-state index contributed by atoms with van der Waals surface area (Å²) in [5.74, 6) is 0. The maximum atomic E-state index is 2.52. The highest BCUT2D eigenvalue weighted by molar-refractivity contribution is 7.20. The number of fused-ring (bicyclic) bond motifs is 4. The van der Waals surface area contributed by atoms with E-state index >= 15 is 0 Å². The molecule has 0 spiro atoms. The first kappa shape index (κ1) is 35.9. The lowest BCUT2D eigenvalue weighted by molar-refractivity contribution is 1.67. The Kier molecular flexibility index (Phi) is 8.03. The van der Waals surface area contributed by atoms with E-state index in [1.807, 2.05) is 0 Å². The van der Waals surface area contributed by atoms with E-state index in [4.69, 9.17) is 0 Å². The molecule has 0 aliphatic heterocycles. The molecule has 0 aromatic heterocycles. The van der Waals surface area contributed by atoms with Crippen molar-refractivity contribution in [2.45, 2.75) is 0 Å². The molecule has 0 unspecified atom stereocenters. The Morgan fingerprint density at radius 1 is 0.222 bits per heavy atom. The molecule has 0 bridgehead atoms. The molecule has 63 heavy (non-hydrogen) atoms. The number of benzene rings is 13. The first-order valence-electron chi connectivity index (χ1n) is 22.0. The SMILES string of the molecule is c1ccc([Si](c2ccccc2)(c2ccc3cc(-c4c5ccccc5c(-c5ccc6ccccc6c5)c5ccccc45)ccc3c2)c2ccc3ccc4cccc5ccc2c3c45)cc1. The molecule has 13 rings (SSSR count). The Balaban J connectivity index is 1.05. The van der Waals surface area contributed by atoms with Crippen LogP contribution in [0.3, 0.4) is 0 Å². The maximum Gasteiger partial charge on any atom is 0.180 e. The Labute approximate surface area is 367 Å². The van der Waals surface area contributed by atoms with Crippen LogP contribution in [0.5, 0.6) is 0 Å². The average Bonchev–Trinajstić information content (AvgIpc) is 3.35. The van der Waals surface area contributed by atoms with Crippen molar-refractivity contribution in [1.82, 2.24) is 0 Å². The summed E-state index contributed by atoms with van der Waals surface area (Å²) in [6.07, 6.45) is 0. The Morgan fingerprint density at radius 2 is 0.635 bits per heavy atom. The van der Waals surface area contributed by atoms with Crippen molar-refractivity contribution in [3.63, 3.8) is 0 Å². The van der Waals surface area contributed by atoms with Crippen LogP contribution in [0.25, 0.3) is 97.7 Å². The lowest BCUT2D eigenvalue weighted by atomic mass is 9.85.